The van der Waals surface area contributed by atoms with Gasteiger partial charge in [-0.3, -0.25) is 0 Å². The molecule has 0 bridgehead atoms. The summed E-state index contributed by atoms with van der Waals surface area (Å²) in [5.74, 6) is 0.969. The third-order valence-corrected chi connectivity index (χ3v) is 3.23. The Morgan fingerprint density at radius 3 is 2.30 bits per heavy atom. The predicted octanol–water partition coefficient (Wildman–Crippen LogP) is 3.78. The third kappa shape index (κ3) is 4.10. The van der Waals surface area contributed by atoms with Crippen molar-refractivity contribution in [3.63, 3.8) is 0 Å². The van der Waals surface area contributed by atoms with Crippen molar-refractivity contribution in [2.45, 2.75) is 6.42 Å². The fourth-order valence-electron chi connectivity index (χ4n) is 2.10. The van der Waals surface area contributed by atoms with Crippen molar-refractivity contribution in [3.8, 4) is 11.5 Å². The Hall–Kier alpha value is -2.82. The summed E-state index contributed by atoms with van der Waals surface area (Å²) in [7, 11) is 0. The smallest absolute Gasteiger partial charge is 0.336 e. The molecule has 0 spiro atoms. The molecule has 0 aliphatic carbocycles. The van der Waals surface area contributed by atoms with E-state index in [9.17, 15) is 9.18 Å². The molecule has 0 saturated heterocycles. The Balaban J connectivity index is 1.48. The van der Waals surface area contributed by atoms with Gasteiger partial charge in [0, 0.05) is 23.9 Å². The lowest BCUT2D eigenvalue weighted by molar-refractivity contribution is 0.247. The molecule has 0 radical (unpaired) electrons. The van der Waals surface area contributed by atoms with Crippen molar-refractivity contribution in [3.05, 3.63) is 70.8 Å². The molecule has 0 aliphatic rings. The summed E-state index contributed by atoms with van der Waals surface area (Å²) in [6, 6.07) is 14.3. The van der Waals surface area contributed by atoms with E-state index in [2.05, 4.69) is 0 Å². The summed E-state index contributed by atoms with van der Waals surface area (Å²) in [6.07, 6.45) is 0.675. The Labute approximate surface area is 132 Å². The minimum atomic E-state index is -0.387. The molecule has 1 aromatic heterocycles. The van der Waals surface area contributed by atoms with Gasteiger partial charge in [0.1, 0.15) is 22.9 Å². The normalized spacial score (nSPS) is 10.7. The van der Waals surface area contributed by atoms with Crippen LogP contribution in [0.4, 0.5) is 4.39 Å². The van der Waals surface area contributed by atoms with Crippen molar-refractivity contribution < 1.29 is 18.3 Å². The van der Waals surface area contributed by atoms with Crippen LogP contribution in [0.15, 0.2) is 63.8 Å². The van der Waals surface area contributed by atoms with Gasteiger partial charge >= 0.3 is 5.63 Å². The first kappa shape index (κ1) is 15.1. The van der Waals surface area contributed by atoms with Crippen LogP contribution in [0, 0.1) is 5.82 Å². The van der Waals surface area contributed by atoms with Crippen LogP contribution in [-0.4, -0.2) is 13.2 Å². The molecule has 0 fully saturated rings. The van der Waals surface area contributed by atoms with Crippen LogP contribution < -0.4 is 15.1 Å². The molecule has 0 unspecified atom stereocenters. The summed E-state index contributed by atoms with van der Waals surface area (Å²) in [6.45, 7) is 0.929. The molecule has 118 valence electrons. The molecule has 1 heterocycles. The van der Waals surface area contributed by atoms with Gasteiger partial charge in [-0.05, 0) is 42.5 Å². The number of hydrogen-bond acceptors (Lipinski definition) is 4. The van der Waals surface area contributed by atoms with E-state index in [0.29, 0.717) is 36.7 Å². The topological polar surface area (TPSA) is 48.7 Å². The quantitative estimate of drug-likeness (QED) is 0.513. The molecule has 0 aliphatic heterocycles. The summed E-state index contributed by atoms with van der Waals surface area (Å²) >= 11 is 0. The molecule has 0 amide bonds. The number of hydrogen-bond donors (Lipinski definition) is 0. The van der Waals surface area contributed by atoms with Gasteiger partial charge in [0.25, 0.3) is 0 Å². The predicted molar refractivity (Wildman–Crippen MR) is 84.5 cm³/mol. The Bertz CT molecular complexity index is 840. The number of fused-ring (bicyclic) bond motifs is 1. The first-order chi connectivity index (χ1) is 11.2. The maximum absolute atomic E-state index is 12.8. The standard InChI is InChI=1S/C18H15FO4/c19-14-4-7-15(8-5-14)21-10-1-11-22-16-6-2-13-3-9-18(20)23-17(13)12-16/h2-9,12H,1,10-11H2. The zero-order valence-corrected chi connectivity index (χ0v) is 12.3. The van der Waals surface area contributed by atoms with E-state index in [1.807, 2.05) is 12.1 Å². The second kappa shape index (κ2) is 6.96. The van der Waals surface area contributed by atoms with Gasteiger partial charge in [-0.15, -0.1) is 0 Å². The Kier molecular flexibility index (Phi) is 4.57. The van der Waals surface area contributed by atoms with Gasteiger partial charge in [-0.2, -0.15) is 0 Å². The first-order valence-corrected chi connectivity index (χ1v) is 7.26. The van der Waals surface area contributed by atoms with Crippen LogP contribution in [0.5, 0.6) is 11.5 Å². The minimum absolute atomic E-state index is 0.288. The molecular formula is C18H15FO4. The fraction of sp³-hybridized carbons (Fsp3) is 0.167. The molecular weight excluding hydrogens is 299 g/mol. The summed E-state index contributed by atoms with van der Waals surface area (Å²) < 4.78 is 28.9. The zero-order chi connectivity index (χ0) is 16.1. The summed E-state index contributed by atoms with van der Waals surface area (Å²) in [5.41, 5.74) is 0.111. The summed E-state index contributed by atoms with van der Waals surface area (Å²) in [4.78, 5) is 11.2. The number of rotatable bonds is 6. The average molecular weight is 314 g/mol. The third-order valence-electron chi connectivity index (χ3n) is 3.23. The summed E-state index contributed by atoms with van der Waals surface area (Å²) in [5, 5.41) is 0.844. The lowest BCUT2D eigenvalue weighted by atomic mass is 10.2. The Morgan fingerprint density at radius 1 is 0.870 bits per heavy atom. The lowest BCUT2D eigenvalue weighted by Crippen LogP contribution is -2.05. The van der Waals surface area contributed by atoms with Crippen molar-refractivity contribution >= 4 is 11.0 Å². The van der Waals surface area contributed by atoms with Crippen LogP contribution in [0.3, 0.4) is 0 Å². The number of halogens is 1. The second-order valence-corrected chi connectivity index (χ2v) is 4.96. The SMILES string of the molecule is O=c1ccc2ccc(OCCCOc3ccc(F)cc3)cc2o1. The molecule has 5 heteroatoms. The van der Waals surface area contributed by atoms with Crippen LogP contribution in [0.2, 0.25) is 0 Å². The van der Waals surface area contributed by atoms with Crippen molar-refractivity contribution in [2.24, 2.45) is 0 Å². The van der Waals surface area contributed by atoms with Gasteiger partial charge in [0.15, 0.2) is 0 Å². The van der Waals surface area contributed by atoms with Crippen molar-refractivity contribution in [2.75, 3.05) is 13.2 Å². The molecule has 0 atom stereocenters. The minimum Gasteiger partial charge on any atom is -0.493 e. The molecule has 0 N–H and O–H groups in total. The highest BCUT2D eigenvalue weighted by atomic mass is 19.1. The molecule has 23 heavy (non-hydrogen) atoms. The van der Waals surface area contributed by atoms with Crippen LogP contribution in [-0.2, 0) is 0 Å². The lowest BCUT2D eigenvalue weighted by Gasteiger charge is -2.08. The average Bonchev–Trinajstić information content (AvgIpc) is 2.56. The van der Waals surface area contributed by atoms with Crippen LogP contribution >= 0.6 is 0 Å². The van der Waals surface area contributed by atoms with Crippen LogP contribution in [0.25, 0.3) is 11.0 Å². The van der Waals surface area contributed by atoms with Gasteiger partial charge in [0.05, 0.1) is 13.2 Å². The van der Waals surface area contributed by atoms with Crippen molar-refractivity contribution in [1.29, 1.82) is 0 Å². The van der Waals surface area contributed by atoms with E-state index >= 15 is 0 Å². The van der Waals surface area contributed by atoms with Gasteiger partial charge in [0.2, 0.25) is 0 Å². The van der Waals surface area contributed by atoms with E-state index in [1.165, 1.54) is 18.2 Å². The highest BCUT2D eigenvalue weighted by Crippen LogP contribution is 2.19. The maximum atomic E-state index is 12.8. The largest absolute Gasteiger partial charge is 0.493 e. The van der Waals surface area contributed by atoms with Gasteiger partial charge in [-0.25, -0.2) is 9.18 Å². The van der Waals surface area contributed by atoms with Gasteiger partial charge < -0.3 is 13.9 Å². The van der Waals surface area contributed by atoms with E-state index in [4.69, 9.17) is 13.9 Å². The molecule has 4 nitrogen and oxygen atoms in total. The molecule has 3 rings (SSSR count). The number of benzene rings is 2. The van der Waals surface area contributed by atoms with E-state index in [1.54, 1.807) is 24.3 Å². The van der Waals surface area contributed by atoms with E-state index in [-0.39, 0.29) is 11.4 Å². The number of ether oxygens (including phenoxy) is 2. The highest BCUT2D eigenvalue weighted by Gasteiger charge is 2.01. The first-order valence-electron chi connectivity index (χ1n) is 7.26. The zero-order valence-electron chi connectivity index (χ0n) is 12.3. The fourth-order valence-corrected chi connectivity index (χ4v) is 2.10. The molecule has 3 aromatic rings. The van der Waals surface area contributed by atoms with Crippen molar-refractivity contribution in [1.82, 2.24) is 0 Å². The van der Waals surface area contributed by atoms with Crippen LogP contribution in [0.1, 0.15) is 6.42 Å². The van der Waals surface area contributed by atoms with Gasteiger partial charge in [-0.1, -0.05) is 0 Å². The van der Waals surface area contributed by atoms with E-state index in [0.717, 1.165) is 5.39 Å². The molecule has 2 aromatic carbocycles. The second-order valence-electron chi connectivity index (χ2n) is 4.96. The molecule has 0 saturated carbocycles. The maximum Gasteiger partial charge on any atom is 0.336 e. The highest BCUT2D eigenvalue weighted by molar-refractivity contribution is 5.77. The Morgan fingerprint density at radius 2 is 1.52 bits per heavy atom. The monoisotopic (exact) mass is 314 g/mol. The van der Waals surface area contributed by atoms with E-state index < -0.39 is 0 Å².